The lowest BCUT2D eigenvalue weighted by Gasteiger charge is -2.25. The summed E-state index contributed by atoms with van der Waals surface area (Å²) in [7, 11) is 4.03. The van der Waals surface area contributed by atoms with Gasteiger partial charge < -0.3 is 10.0 Å². The maximum absolute atomic E-state index is 11.0. The highest BCUT2D eigenvalue weighted by Crippen LogP contribution is 2.39. The molecule has 4 nitrogen and oxygen atoms in total. The van der Waals surface area contributed by atoms with Crippen molar-refractivity contribution in [2.75, 3.05) is 46.0 Å². The third kappa shape index (κ3) is 4.23. The second kappa shape index (κ2) is 7.11. The summed E-state index contributed by atoms with van der Waals surface area (Å²) in [6.07, 6.45) is 0. The van der Waals surface area contributed by atoms with Gasteiger partial charge in [0.1, 0.15) is 0 Å². The maximum Gasteiger partial charge on any atom is 0.317 e. The van der Waals surface area contributed by atoms with Crippen molar-refractivity contribution in [1.82, 2.24) is 9.80 Å². The summed E-state index contributed by atoms with van der Waals surface area (Å²) in [5, 5.41) is 9.06. The van der Waals surface area contributed by atoms with E-state index in [2.05, 4.69) is 34.1 Å². The van der Waals surface area contributed by atoms with E-state index in [1.807, 2.05) is 25.9 Å². The lowest BCUT2D eigenvalue weighted by Crippen LogP contribution is -2.38. The Morgan fingerprint density at radius 2 is 2.10 bits per heavy atom. The lowest BCUT2D eigenvalue weighted by atomic mass is 10.0. The van der Waals surface area contributed by atoms with Crippen LogP contribution < -0.4 is 0 Å². The highest BCUT2D eigenvalue weighted by molar-refractivity contribution is 7.99. The topological polar surface area (TPSA) is 43.8 Å². The molecule has 110 valence electrons. The number of benzene rings is 1. The summed E-state index contributed by atoms with van der Waals surface area (Å²) in [4.78, 5) is 16.5. The largest absolute Gasteiger partial charge is 0.480 e. The Hall–Kier alpha value is -1.04. The van der Waals surface area contributed by atoms with Gasteiger partial charge in [-0.15, -0.1) is 11.8 Å². The maximum atomic E-state index is 11.0. The van der Waals surface area contributed by atoms with Gasteiger partial charge in [-0.1, -0.05) is 18.2 Å². The van der Waals surface area contributed by atoms with Crippen LogP contribution >= 0.6 is 11.8 Å². The molecule has 5 heteroatoms. The lowest BCUT2D eigenvalue weighted by molar-refractivity contribution is -0.138. The zero-order chi connectivity index (χ0) is 14.5. The van der Waals surface area contributed by atoms with Gasteiger partial charge in [0.2, 0.25) is 0 Å². The minimum atomic E-state index is -0.748. The highest BCUT2D eigenvalue weighted by atomic mass is 32.2. The van der Waals surface area contributed by atoms with Crippen molar-refractivity contribution in [3.05, 3.63) is 29.8 Å². The summed E-state index contributed by atoms with van der Waals surface area (Å²) >= 11 is 1.88. The molecule has 0 aromatic heterocycles. The van der Waals surface area contributed by atoms with Crippen LogP contribution in [-0.4, -0.2) is 66.9 Å². The van der Waals surface area contributed by atoms with Crippen LogP contribution in [0, 0.1) is 0 Å². The molecule has 1 heterocycles. The molecule has 1 aliphatic rings. The average molecular weight is 294 g/mol. The molecule has 1 unspecified atom stereocenters. The second-order valence-corrected chi connectivity index (χ2v) is 6.54. The summed E-state index contributed by atoms with van der Waals surface area (Å²) in [6, 6.07) is 8.46. The Morgan fingerprint density at radius 3 is 2.80 bits per heavy atom. The van der Waals surface area contributed by atoms with E-state index in [1.54, 1.807) is 0 Å². The van der Waals surface area contributed by atoms with Gasteiger partial charge in [0.25, 0.3) is 0 Å². The van der Waals surface area contributed by atoms with Crippen LogP contribution in [-0.2, 0) is 4.79 Å². The molecule has 0 bridgehead atoms. The Morgan fingerprint density at radius 1 is 1.35 bits per heavy atom. The standard InChI is InChI=1S/C15H22N2O2S/c1-16(2)7-8-17(10-15(18)19)9-12-11-20-14-6-4-3-5-13(12)14/h3-6,12H,7-11H2,1-2H3,(H,18,19). The van der Waals surface area contributed by atoms with Crippen LogP contribution in [0.15, 0.2) is 29.2 Å². The van der Waals surface area contributed by atoms with E-state index >= 15 is 0 Å². The first-order valence-corrected chi connectivity index (χ1v) is 7.85. The van der Waals surface area contributed by atoms with Gasteiger partial charge in [-0.2, -0.15) is 0 Å². The van der Waals surface area contributed by atoms with E-state index in [9.17, 15) is 4.79 Å². The van der Waals surface area contributed by atoms with Gasteiger partial charge in [-0.05, 0) is 25.7 Å². The Kier molecular flexibility index (Phi) is 5.46. The predicted octanol–water partition coefficient (Wildman–Crippen LogP) is 1.82. The monoisotopic (exact) mass is 294 g/mol. The van der Waals surface area contributed by atoms with Crippen molar-refractivity contribution in [1.29, 1.82) is 0 Å². The molecular formula is C15H22N2O2S. The number of rotatable bonds is 7. The summed E-state index contributed by atoms with van der Waals surface area (Å²) < 4.78 is 0. The third-order valence-electron chi connectivity index (χ3n) is 3.50. The minimum Gasteiger partial charge on any atom is -0.480 e. The zero-order valence-electron chi connectivity index (χ0n) is 12.1. The van der Waals surface area contributed by atoms with E-state index in [0.29, 0.717) is 5.92 Å². The van der Waals surface area contributed by atoms with Crippen molar-refractivity contribution in [3.8, 4) is 0 Å². The summed E-state index contributed by atoms with van der Waals surface area (Å²) in [6.45, 7) is 2.62. The number of hydrogen-bond acceptors (Lipinski definition) is 4. The number of likely N-dealkylation sites (N-methyl/N-ethyl adjacent to an activating group) is 1. The van der Waals surface area contributed by atoms with Crippen LogP contribution in [0.2, 0.25) is 0 Å². The van der Waals surface area contributed by atoms with Gasteiger partial charge in [-0.3, -0.25) is 9.69 Å². The van der Waals surface area contributed by atoms with Crippen LogP contribution in [0.5, 0.6) is 0 Å². The number of hydrogen-bond donors (Lipinski definition) is 1. The van der Waals surface area contributed by atoms with Crippen molar-refractivity contribution in [2.24, 2.45) is 0 Å². The fourth-order valence-electron chi connectivity index (χ4n) is 2.46. The fourth-order valence-corrected chi connectivity index (χ4v) is 3.70. The van der Waals surface area contributed by atoms with E-state index in [-0.39, 0.29) is 6.54 Å². The van der Waals surface area contributed by atoms with Crippen LogP contribution in [0.1, 0.15) is 11.5 Å². The molecule has 0 amide bonds. The molecule has 1 aliphatic heterocycles. The van der Waals surface area contributed by atoms with Crippen molar-refractivity contribution < 1.29 is 9.90 Å². The van der Waals surface area contributed by atoms with Crippen molar-refractivity contribution in [3.63, 3.8) is 0 Å². The molecular weight excluding hydrogens is 272 g/mol. The first kappa shape index (κ1) is 15.4. The van der Waals surface area contributed by atoms with E-state index in [4.69, 9.17) is 5.11 Å². The number of nitrogens with zero attached hydrogens (tertiary/aromatic N) is 2. The van der Waals surface area contributed by atoms with Crippen LogP contribution in [0.4, 0.5) is 0 Å². The number of aliphatic carboxylic acids is 1. The number of thioether (sulfide) groups is 1. The fraction of sp³-hybridized carbons (Fsp3) is 0.533. The number of fused-ring (bicyclic) bond motifs is 1. The van der Waals surface area contributed by atoms with Crippen molar-refractivity contribution in [2.45, 2.75) is 10.8 Å². The smallest absolute Gasteiger partial charge is 0.317 e. The van der Waals surface area contributed by atoms with Gasteiger partial charge in [0.05, 0.1) is 6.54 Å². The van der Waals surface area contributed by atoms with Crippen LogP contribution in [0.3, 0.4) is 0 Å². The first-order valence-electron chi connectivity index (χ1n) is 6.87. The molecule has 2 rings (SSSR count). The molecule has 0 saturated carbocycles. The molecule has 1 atom stereocenters. The number of carboxylic acids is 1. The molecule has 0 saturated heterocycles. The Balaban J connectivity index is 1.99. The predicted molar refractivity (Wildman–Crippen MR) is 82.5 cm³/mol. The second-order valence-electron chi connectivity index (χ2n) is 5.48. The molecule has 0 aliphatic carbocycles. The summed E-state index contributed by atoms with van der Waals surface area (Å²) in [5.41, 5.74) is 1.37. The number of carbonyl (C=O) groups is 1. The number of carboxylic acid groups (broad SMARTS) is 1. The van der Waals surface area contributed by atoms with Crippen LogP contribution in [0.25, 0.3) is 0 Å². The normalized spacial score (nSPS) is 17.7. The van der Waals surface area contributed by atoms with Crippen molar-refractivity contribution >= 4 is 17.7 Å². The van der Waals surface area contributed by atoms with Gasteiger partial charge >= 0.3 is 5.97 Å². The highest BCUT2D eigenvalue weighted by Gasteiger charge is 2.25. The molecule has 0 radical (unpaired) electrons. The Labute approximate surface area is 124 Å². The van der Waals surface area contributed by atoms with E-state index in [0.717, 1.165) is 25.4 Å². The molecule has 20 heavy (non-hydrogen) atoms. The molecule has 1 aromatic carbocycles. The quantitative estimate of drug-likeness (QED) is 0.831. The average Bonchev–Trinajstić information content (AvgIpc) is 2.79. The molecule has 0 fully saturated rings. The van der Waals surface area contributed by atoms with E-state index < -0.39 is 5.97 Å². The SMILES string of the molecule is CN(C)CCN(CC(=O)O)CC1CSc2ccccc21. The molecule has 1 aromatic rings. The molecule has 0 spiro atoms. The van der Waals surface area contributed by atoms with Gasteiger partial charge in [0.15, 0.2) is 0 Å². The van der Waals surface area contributed by atoms with Gasteiger partial charge in [-0.25, -0.2) is 0 Å². The zero-order valence-corrected chi connectivity index (χ0v) is 12.9. The van der Waals surface area contributed by atoms with E-state index in [1.165, 1.54) is 10.5 Å². The van der Waals surface area contributed by atoms with Gasteiger partial charge in [0, 0.05) is 36.2 Å². The summed E-state index contributed by atoms with van der Waals surface area (Å²) in [5.74, 6) is 0.748. The third-order valence-corrected chi connectivity index (χ3v) is 4.75. The minimum absolute atomic E-state index is 0.122. The molecule has 1 N–H and O–H groups in total. The Bertz CT molecular complexity index is 465. The first-order chi connectivity index (χ1) is 9.56.